The van der Waals surface area contributed by atoms with Crippen molar-refractivity contribution in [1.82, 2.24) is 9.21 Å². The lowest BCUT2D eigenvalue weighted by Crippen LogP contribution is -2.38. The van der Waals surface area contributed by atoms with Gasteiger partial charge >= 0.3 is 6.18 Å². The quantitative estimate of drug-likeness (QED) is 0.768. The van der Waals surface area contributed by atoms with Crippen LogP contribution in [0.1, 0.15) is 18.4 Å². The summed E-state index contributed by atoms with van der Waals surface area (Å²) in [5.74, 6) is -1.08. The number of likely N-dealkylation sites (tertiary alicyclic amines) is 1. The minimum Gasteiger partial charge on any atom is -0.306 e. The number of hydrogen-bond donors (Lipinski definition) is 0. The van der Waals surface area contributed by atoms with Gasteiger partial charge in [0.2, 0.25) is 10.0 Å². The molecular formula is C15H20F4N2O2S. The molecule has 136 valence electrons. The summed E-state index contributed by atoms with van der Waals surface area (Å²) in [4.78, 5) is 1.19. The van der Waals surface area contributed by atoms with Gasteiger partial charge in [-0.05, 0) is 57.1 Å². The van der Waals surface area contributed by atoms with Gasteiger partial charge < -0.3 is 4.90 Å². The highest BCUT2D eigenvalue weighted by molar-refractivity contribution is 7.89. The summed E-state index contributed by atoms with van der Waals surface area (Å²) in [7, 11) is -1.08. The summed E-state index contributed by atoms with van der Waals surface area (Å²) in [6, 6.07) is 1.43. The van der Waals surface area contributed by atoms with Crippen LogP contribution in [0, 0.1) is 11.7 Å². The Morgan fingerprint density at radius 3 is 2.38 bits per heavy atom. The van der Waals surface area contributed by atoms with Crippen molar-refractivity contribution < 1.29 is 26.0 Å². The maximum atomic E-state index is 13.9. The maximum Gasteiger partial charge on any atom is 0.416 e. The van der Waals surface area contributed by atoms with Crippen LogP contribution in [0.15, 0.2) is 23.1 Å². The first-order valence-electron chi connectivity index (χ1n) is 7.53. The van der Waals surface area contributed by atoms with Gasteiger partial charge in [-0.25, -0.2) is 17.1 Å². The molecule has 0 amide bonds. The van der Waals surface area contributed by atoms with Crippen LogP contribution in [0.25, 0.3) is 0 Å². The number of halogens is 4. The third-order valence-electron chi connectivity index (χ3n) is 4.30. The molecule has 0 aliphatic carbocycles. The SMILES string of the molecule is CN1CCC(CN(C)S(=O)(=O)c2cc(C(F)(F)F)ccc2F)CC1. The highest BCUT2D eigenvalue weighted by Gasteiger charge is 2.34. The summed E-state index contributed by atoms with van der Waals surface area (Å²) in [5, 5.41) is 0. The second kappa shape index (κ2) is 6.97. The molecule has 0 atom stereocenters. The first kappa shape index (κ1) is 19.1. The molecule has 0 bridgehead atoms. The topological polar surface area (TPSA) is 40.6 Å². The van der Waals surface area contributed by atoms with E-state index in [2.05, 4.69) is 4.90 Å². The smallest absolute Gasteiger partial charge is 0.306 e. The Morgan fingerprint density at radius 2 is 1.83 bits per heavy atom. The summed E-state index contributed by atoms with van der Waals surface area (Å²) >= 11 is 0. The Labute approximate surface area is 139 Å². The molecule has 1 aliphatic rings. The minimum absolute atomic E-state index is 0.106. The van der Waals surface area contributed by atoms with E-state index in [0.29, 0.717) is 18.2 Å². The first-order valence-corrected chi connectivity index (χ1v) is 8.97. The highest BCUT2D eigenvalue weighted by Crippen LogP contribution is 2.32. The molecule has 1 aromatic rings. The van der Waals surface area contributed by atoms with Gasteiger partial charge in [-0.15, -0.1) is 0 Å². The molecule has 1 fully saturated rings. The zero-order valence-electron chi connectivity index (χ0n) is 13.5. The van der Waals surface area contributed by atoms with Crippen molar-refractivity contribution in [2.45, 2.75) is 23.9 Å². The van der Waals surface area contributed by atoms with Gasteiger partial charge in [0, 0.05) is 13.6 Å². The lowest BCUT2D eigenvalue weighted by Gasteiger charge is -2.31. The van der Waals surface area contributed by atoms with Gasteiger partial charge in [-0.3, -0.25) is 0 Å². The van der Waals surface area contributed by atoms with Crippen molar-refractivity contribution in [3.05, 3.63) is 29.6 Å². The zero-order valence-corrected chi connectivity index (χ0v) is 14.3. The minimum atomic E-state index is -4.73. The summed E-state index contributed by atoms with van der Waals surface area (Å²) < 4.78 is 78.1. The molecule has 2 rings (SSSR count). The Morgan fingerprint density at radius 1 is 1.25 bits per heavy atom. The number of alkyl halides is 3. The van der Waals surface area contributed by atoms with Gasteiger partial charge in [0.1, 0.15) is 10.7 Å². The number of benzene rings is 1. The van der Waals surface area contributed by atoms with Crippen molar-refractivity contribution in [3.63, 3.8) is 0 Å². The fraction of sp³-hybridized carbons (Fsp3) is 0.600. The average molecular weight is 368 g/mol. The van der Waals surface area contributed by atoms with E-state index in [0.717, 1.165) is 30.2 Å². The monoisotopic (exact) mass is 368 g/mol. The number of nitrogens with zero attached hydrogens (tertiary/aromatic N) is 2. The molecule has 0 spiro atoms. The molecule has 0 N–H and O–H groups in total. The van der Waals surface area contributed by atoms with E-state index in [-0.39, 0.29) is 12.5 Å². The van der Waals surface area contributed by atoms with Gasteiger partial charge in [0.05, 0.1) is 5.56 Å². The molecule has 0 radical (unpaired) electrons. The number of sulfonamides is 1. The molecule has 4 nitrogen and oxygen atoms in total. The Balaban J connectivity index is 2.23. The van der Waals surface area contributed by atoms with Crippen LogP contribution in [-0.2, 0) is 16.2 Å². The van der Waals surface area contributed by atoms with E-state index in [1.807, 2.05) is 7.05 Å². The van der Waals surface area contributed by atoms with Crippen molar-refractivity contribution in [2.75, 3.05) is 33.7 Å². The van der Waals surface area contributed by atoms with Crippen LogP contribution < -0.4 is 0 Å². The van der Waals surface area contributed by atoms with Gasteiger partial charge in [0.25, 0.3) is 0 Å². The van der Waals surface area contributed by atoms with Crippen LogP contribution in [-0.4, -0.2) is 51.4 Å². The standard InChI is InChI=1S/C15H20F4N2O2S/c1-20-7-5-11(6-8-20)10-21(2)24(22,23)14-9-12(15(17,18)19)3-4-13(14)16/h3-4,9,11H,5-8,10H2,1-2H3. The Bertz CT molecular complexity index is 683. The van der Waals surface area contributed by atoms with Gasteiger partial charge in [-0.2, -0.15) is 13.2 Å². The third-order valence-corrected chi connectivity index (χ3v) is 6.14. The predicted molar refractivity (Wildman–Crippen MR) is 81.4 cm³/mol. The van der Waals surface area contributed by atoms with Crippen molar-refractivity contribution in [2.24, 2.45) is 5.92 Å². The second-order valence-electron chi connectivity index (χ2n) is 6.18. The number of rotatable bonds is 4. The molecule has 1 heterocycles. The molecule has 9 heteroatoms. The summed E-state index contributed by atoms with van der Waals surface area (Å²) in [5.41, 5.74) is -1.19. The van der Waals surface area contributed by atoms with Crippen LogP contribution in [0.2, 0.25) is 0 Å². The van der Waals surface area contributed by atoms with E-state index in [1.54, 1.807) is 0 Å². The lowest BCUT2D eigenvalue weighted by molar-refractivity contribution is -0.137. The van der Waals surface area contributed by atoms with Crippen LogP contribution in [0.5, 0.6) is 0 Å². The summed E-state index contributed by atoms with van der Waals surface area (Å²) in [6.45, 7) is 1.82. The van der Waals surface area contributed by atoms with Gasteiger partial charge in [0.15, 0.2) is 0 Å². The van der Waals surface area contributed by atoms with Crippen LogP contribution in [0.3, 0.4) is 0 Å². The fourth-order valence-electron chi connectivity index (χ4n) is 2.75. The van der Waals surface area contributed by atoms with Crippen molar-refractivity contribution in [1.29, 1.82) is 0 Å². The Hall–Kier alpha value is -1.19. The molecule has 0 aromatic heterocycles. The summed E-state index contributed by atoms with van der Waals surface area (Å²) in [6.07, 6.45) is -3.15. The van der Waals surface area contributed by atoms with Gasteiger partial charge in [-0.1, -0.05) is 0 Å². The van der Waals surface area contributed by atoms with E-state index < -0.39 is 32.5 Å². The average Bonchev–Trinajstić information content (AvgIpc) is 2.48. The molecule has 1 aliphatic heterocycles. The first-order chi connectivity index (χ1) is 11.0. The van der Waals surface area contributed by atoms with Crippen LogP contribution >= 0.6 is 0 Å². The second-order valence-corrected chi connectivity index (χ2v) is 8.19. The predicted octanol–water partition coefficient (Wildman–Crippen LogP) is 2.81. The number of piperidine rings is 1. The molecule has 0 unspecified atom stereocenters. The molecule has 1 aromatic carbocycles. The fourth-order valence-corrected chi connectivity index (χ4v) is 4.08. The Kier molecular flexibility index (Phi) is 5.56. The van der Waals surface area contributed by atoms with Crippen LogP contribution in [0.4, 0.5) is 17.6 Å². The molecular weight excluding hydrogens is 348 g/mol. The zero-order chi connectivity index (χ0) is 18.1. The molecule has 24 heavy (non-hydrogen) atoms. The van der Waals surface area contributed by atoms with E-state index in [9.17, 15) is 26.0 Å². The number of hydrogen-bond acceptors (Lipinski definition) is 3. The largest absolute Gasteiger partial charge is 0.416 e. The third kappa shape index (κ3) is 4.25. The normalized spacial score (nSPS) is 18.3. The van der Waals surface area contributed by atoms with Crippen molar-refractivity contribution in [3.8, 4) is 0 Å². The van der Waals surface area contributed by atoms with E-state index in [4.69, 9.17) is 0 Å². The molecule has 1 saturated heterocycles. The highest BCUT2D eigenvalue weighted by atomic mass is 32.2. The van der Waals surface area contributed by atoms with E-state index >= 15 is 0 Å². The maximum absolute atomic E-state index is 13.9. The van der Waals surface area contributed by atoms with Crippen molar-refractivity contribution >= 4 is 10.0 Å². The van der Waals surface area contributed by atoms with E-state index in [1.165, 1.54) is 7.05 Å². The lowest BCUT2D eigenvalue weighted by atomic mass is 9.97. The molecule has 0 saturated carbocycles.